The Labute approximate surface area is 329 Å². The fourth-order valence-corrected chi connectivity index (χ4v) is 4.72. The summed E-state index contributed by atoms with van der Waals surface area (Å²) in [6.07, 6.45) is 2.62. The number of benzene rings is 4. The lowest BCUT2D eigenvalue weighted by molar-refractivity contribution is -0.117. The highest BCUT2D eigenvalue weighted by Gasteiger charge is 2.25. The molecule has 3 N–H and O–H groups in total. The molecule has 4 rings (SSSR count). The molecule has 0 heterocycles. The van der Waals surface area contributed by atoms with Gasteiger partial charge in [-0.15, -0.1) is 11.6 Å². The highest BCUT2D eigenvalue weighted by molar-refractivity contribution is 6.18. The van der Waals surface area contributed by atoms with Crippen LogP contribution < -0.4 is 14.2 Å². The van der Waals surface area contributed by atoms with Crippen molar-refractivity contribution >= 4 is 34.7 Å². The van der Waals surface area contributed by atoms with Gasteiger partial charge in [0.2, 0.25) is 0 Å². The fraction of sp³-hybridized carbons (Fsp3) is 0.364. The predicted molar refractivity (Wildman–Crippen MR) is 214 cm³/mol. The molecule has 0 saturated heterocycles. The molecule has 0 aliphatic heterocycles. The van der Waals surface area contributed by atoms with Crippen molar-refractivity contribution in [1.82, 2.24) is 0 Å². The molecule has 0 aliphatic carbocycles. The number of ether oxygens (including phenoxy) is 3. The number of hydrogen-bond donors (Lipinski definition) is 3. The number of phenols is 1. The first kappa shape index (κ1) is 46.1. The summed E-state index contributed by atoms with van der Waals surface area (Å²) in [4.78, 5) is 45.3. The normalized spacial score (nSPS) is 10.9. The minimum Gasteiger partial charge on any atom is -0.508 e. The van der Waals surface area contributed by atoms with Crippen LogP contribution in [0.25, 0.3) is 0 Å². The fourth-order valence-electron chi connectivity index (χ4n) is 4.64. The molecule has 4 aromatic rings. The van der Waals surface area contributed by atoms with Gasteiger partial charge in [0.25, 0.3) is 0 Å². The van der Waals surface area contributed by atoms with Crippen LogP contribution >= 0.6 is 11.6 Å². The van der Waals surface area contributed by atoms with Gasteiger partial charge in [-0.3, -0.25) is 9.59 Å². The van der Waals surface area contributed by atoms with Crippen LogP contribution in [0.15, 0.2) is 97.1 Å². The minimum atomic E-state index is -1.39. The minimum absolute atomic E-state index is 0.185. The number of Topliss-reactive ketones (excluding diaryl/α,β-unsaturated/α-hetero) is 4. The molecular weight excluding hydrogens is 724 g/mol. The molecule has 4 aromatic carbocycles. The summed E-state index contributed by atoms with van der Waals surface area (Å²) in [5, 5.41) is 28.3. The van der Waals surface area contributed by atoms with E-state index in [2.05, 4.69) is 0 Å². The number of halogens is 1. The number of carbonyl (C=O) groups excluding carboxylic acids is 4. The topological polar surface area (TPSA) is 157 Å². The predicted octanol–water partition coefficient (Wildman–Crippen LogP) is 7.79. The van der Waals surface area contributed by atoms with Gasteiger partial charge in [-0.1, -0.05) is 24.3 Å². The van der Waals surface area contributed by atoms with E-state index in [1.54, 1.807) is 74.5 Å². The van der Waals surface area contributed by atoms with Crippen molar-refractivity contribution in [2.45, 2.75) is 78.4 Å². The van der Waals surface area contributed by atoms with E-state index in [0.29, 0.717) is 61.2 Å². The molecule has 296 valence electrons. The number of phenolic OH excluding ortho intramolecular Hbond substituents is 1. The van der Waals surface area contributed by atoms with Gasteiger partial charge in [0.05, 0.1) is 5.88 Å². The Morgan fingerprint density at radius 3 is 1.15 bits per heavy atom. The van der Waals surface area contributed by atoms with Crippen LogP contribution in [0.4, 0.5) is 0 Å². The van der Waals surface area contributed by atoms with Crippen molar-refractivity contribution in [3.05, 3.63) is 119 Å². The number of alkyl halides is 1. The smallest absolute Gasteiger partial charge is 0.193 e. The Kier molecular flexibility index (Phi) is 19.3. The Balaban J connectivity index is 0.000000315. The van der Waals surface area contributed by atoms with Gasteiger partial charge in [-0.05, 0) is 138 Å². The maximum atomic E-state index is 12.0. The lowest BCUT2D eigenvalue weighted by atomic mass is 9.97. The Morgan fingerprint density at radius 2 is 0.836 bits per heavy atom. The Morgan fingerprint density at radius 1 is 0.527 bits per heavy atom. The van der Waals surface area contributed by atoms with Crippen molar-refractivity contribution in [3.63, 3.8) is 0 Å². The van der Waals surface area contributed by atoms with Crippen LogP contribution in [0.1, 0.15) is 86.2 Å². The van der Waals surface area contributed by atoms with Gasteiger partial charge >= 0.3 is 0 Å². The SMILES string of the molecule is CC(=O)CCc1ccc(O)cc1.CC(=O)CCc1ccc(OCCOc2ccc(C(=O)C(C)(C)O)cc2)cc1.CC(C)(O)C(=O)c1ccc(OCCCl)cc1. The zero-order valence-electron chi connectivity index (χ0n) is 32.5. The first-order valence-corrected chi connectivity index (χ1v) is 18.5. The van der Waals surface area contributed by atoms with Crippen molar-refractivity contribution in [1.29, 1.82) is 0 Å². The molecule has 55 heavy (non-hydrogen) atoms. The molecule has 0 amide bonds. The zero-order chi connectivity index (χ0) is 41.0. The largest absolute Gasteiger partial charge is 0.508 e. The summed E-state index contributed by atoms with van der Waals surface area (Å²) >= 11 is 5.48. The van der Waals surface area contributed by atoms with E-state index in [1.165, 1.54) is 27.7 Å². The maximum Gasteiger partial charge on any atom is 0.193 e. The van der Waals surface area contributed by atoms with Crippen molar-refractivity contribution in [2.75, 3.05) is 25.7 Å². The van der Waals surface area contributed by atoms with E-state index in [0.717, 1.165) is 29.7 Å². The number of aliphatic hydroxyl groups is 2. The zero-order valence-corrected chi connectivity index (χ0v) is 33.2. The second-order valence-electron chi connectivity index (χ2n) is 13.8. The molecular formula is C44H53ClO10. The molecule has 0 radical (unpaired) electrons. The van der Waals surface area contributed by atoms with Crippen LogP contribution in [0.3, 0.4) is 0 Å². The average Bonchev–Trinajstić information content (AvgIpc) is 3.14. The van der Waals surface area contributed by atoms with Gasteiger partial charge < -0.3 is 39.1 Å². The highest BCUT2D eigenvalue weighted by atomic mass is 35.5. The van der Waals surface area contributed by atoms with Gasteiger partial charge in [0, 0.05) is 24.0 Å². The van der Waals surface area contributed by atoms with Crippen molar-refractivity contribution < 1.29 is 48.7 Å². The molecule has 10 nitrogen and oxygen atoms in total. The van der Waals surface area contributed by atoms with Crippen LogP contribution in [0.5, 0.6) is 23.0 Å². The third-order valence-corrected chi connectivity index (χ3v) is 7.86. The monoisotopic (exact) mass is 776 g/mol. The van der Waals surface area contributed by atoms with Crippen LogP contribution in [-0.2, 0) is 22.4 Å². The van der Waals surface area contributed by atoms with Gasteiger partial charge in [-0.25, -0.2) is 0 Å². The molecule has 0 fully saturated rings. The van der Waals surface area contributed by atoms with Gasteiger partial charge in [-0.2, -0.15) is 0 Å². The Hall–Kier alpha value is -5.03. The van der Waals surface area contributed by atoms with Crippen LogP contribution in [0.2, 0.25) is 0 Å². The molecule has 0 unspecified atom stereocenters. The summed E-state index contributed by atoms with van der Waals surface area (Å²) in [6, 6.07) is 27.9. The van der Waals surface area contributed by atoms with E-state index in [-0.39, 0.29) is 28.9 Å². The van der Waals surface area contributed by atoms with E-state index in [9.17, 15) is 29.4 Å². The maximum absolute atomic E-state index is 12.0. The number of rotatable bonds is 18. The first-order chi connectivity index (χ1) is 25.9. The average molecular weight is 777 g/mol. The number of ketones is 4. The summed E-state index contributed by atoms with van der Waals surface area (Å²) in [5.41, 5.74) is 0.357. The third kappa shape index (κ3) is 18.7. The van der Waals surface area contributed by atoms with E-state index in [1.807, 2.05) is 36.4 Å². The quantitative estimate of drug-likeness (QED) is 0.0518. The molecule has 0 atom stereocenters. The van der Waals surface area contributed by atoms with E-state index < -0.39 is 11.2 Å². The van der Waals surface area contributed by atoms with E-state index >= 15 is 0 Å². The lowest BCUT2D eigenvalue weighted by Gasteiger charge is -2.15. The molecule has 0 saturated carbocycles. The standard InChI is InChI=1S/C22H26O5.C12H15ClO3.C10H12O2/c1-16(23)4-5-17-6-10-19(11-7-17)26-14-15-27-20-12-8-18(9-13-20)21(24)22(2,3)25;1-12(2,15)11(14)9-3-5-10(6-4-9)16-8-7-13;1-8(11)2-3-9-4-6-10(12)7-5-9/h6-13,25H,4-5,14-15H2,1-3H3;3-6,15H,7-8H2,1-2H3;4-7,12H,2-3H2,1H3. The number of carbonyl (C=O) groups is 4. The third-order valence-electron chi connectivity index (χ3n) is 7.70. The number of aryl methyl sites for hydroxylation is 2. The van der Waals surface area contributed by atoms with Crippen LogP contribution in [0, 0.1) is 0 Å². The molecule has 11 heteroatoms. The number of hydrogen-bond acceptors (Lipinski definition) is 10. The van der Waals surface area contributed by atoms with Crippen molar-refractivity contribution in [2.24, 2.45) is 0 Å². The summed E-state index contributed by atoms with van der Waals surface area (Å²) in [7, 11) is 0. The summed E-state index contributed by atoms with van der Waals surface area (Å²) in [5.74, 6) is 2.47. The first-order valence-electron chi connectivity index (χ1n) is 17.9. The second kappa shape index (κ2) is 23.0. The summed E-state index contributed by atoms with van der Waals surface area (Å²) in [6.45, 7) is 10.2. The van der Waals surface area contributed by atoms with Crippen LogP contribution in [-0.4, -0.2) is 75.4 Å². The lowest BCUT2D eigenvalue weighted by Crippen LogP contribution is -2.30. The summed E-state index contributed by atoms with van der Waals surface area (Å²) < 4.78 is 16.5. The van der Waals surface area contributed by atoms with Gasteiger partial charge in [0.1, 0.15) is 65.6 Å². The van der Waals surface area contributed by atoms with E-state index in [4.69, 9.17) is 30.9 Å². The molecule has 0 bridgehead atoms. The number of aromatic hydroxyl groups is 1. The molecule has 0 spiro atoms. The second-order valence-corrected chi connectivity index (χ2v) is 14.2. The van der Waals surface area contributed by atoms with Gasteiger partial charge in [0.15, 0.2) is 11.6 Å². The van der Waals surface area contributed by atoms with Crippen molar-refractivity contribution in [3.8, 4) is 23.0 Å². The molecule has 0 aromatic heterocycles. The highest BCUT2D eigenvalue weighted by Crippen LogP contribution is 2.19. The molecule has 0 aliphatic rings. The Bertz CT molecular complexity index is 1770.